The van der Waals surface area contributed by atoms with Crippen LogP contribution in [-0.2, 0) is 0 Å². The Bertz CT molecular complexity index is 1170. The van der Waals surface area contributed by atoms with Crippen molar-refractivity contribution in [3.63, 3.8) is 0 Å². The summed E-state index contributed by atoms with van der Waals surface area (Å²) in [5.41, 5.74) is 6.96. The first-order valence-corrected chi connectivity index (χ1v) is 15.2. The van der Waals surface area contributed by atoms with Crippen molar-refractivity contribution in [3.8, 4) is 11.1 Å². The highest BCUT2D eigenvalue weighted by atomic mass is 15.2. The fraction of sp³-hybridized carbons (Fsp3) is 0.405. The molecular weight excluding hydrogens is 472 g/mol. The highest BCUT2D eigenvalue weighted by molar-refractivity contribution is 5.69. The molecule has 2 aromatic carbocycles. The average molecular weight is 521 g/mol. The Balaban J connectivity index is 1.57. The summed E-state index contributed by atoms with van der Waals surface area (Å²) in [7, 11) is 0. The van der Waals surface area contributed by atoms with Gasteiger partial charge in [0.05, 0.1) is 0 Å². The number of allylic oxidation sites excluding steroid dienone is 7. The maximum absolute atomic E-state index is 3.76. The highest BCUT2D eigenvalue weighted by Gasteiger charge is 2.18. The maximum Gasteiger partial charge on any atom is 0.0465 e. The van der Waals surface area contributed by atoms with Gasteiger partial charge in [-0.2, -0.15) is 0 Å². The van der Waals surface area contributed by atoms with Crippen LogP contribution in [0.2, 0.25) is 0 Å². The van der Waals surface area contributed by atoms with E-state index in [9.17, 15) is 0 Å². The number of hydrogen-bond acceptors (Lipinski definition) is 2. The van der Waals surface area contributed by atoms with Crippen LogP contribution < -0.4 is 10.2 Å². The van der Waals surface area contributed by atoms with Crippen molar-refractivity contribution in [2.45, 2.75) is 77.2 Å². The second-order valence-electron chi connectivity index (χ2n) is 11.2. The molecule has 206 valence electrons. The summed E-state index contributed by atoms with van der Waals surface area (Å²) in [4.78, 5) is 2.61. The van der Waals surface area contributed by atoms with Gasteiger partial charge in [0, 0.05) is 30.7 Å². The van der Waals surface area contributed by atoms with Crippen LogP contribution in [0, 0.1) is 5.92 Å². The molecule has 0 fully saturated rings. The zero-order chi connectivity index (χ0) is 27.3. The molecule has 2 aromatic rings. The van der Waals surface area contributed by atoms with Crippen LogP contribution in [0.3, 0.4) is 0 Å². The van der Waals surface area contributed by atoms with Crippen LogP contribution in [-0.4, -0.2) is 19.1 Å². The molecule has 2 unspecified atom stereocenters. The van der Waals surface area contributed by atoms with Gasteiger partial charge in [-0.3, -0.25) is 0 Å². The average Bonchev–Trinajstić information content (AvgIpc) is 3.02. The molecule has 39 heavy (non-hydrogen) atoms. The zero-order valence-electron chi connectivity index (χ0n) is 24.2. The third-order valence-electron chi connectivity index (χ3n) is 8.43. The Morgan fingerprint density at radius 1 is 0.974 bits per heavy atom. The zero-order valence-corrected chi connectivity index (χ0v) is 24.2. The van der Waals surface area contributed by atoms with Crippen LogP contribution in [0.5, 0.6) is 0 Å². The predicted molar refractivity (Wildman–Crippen MR) is 171 cm³/mol. The van der Waals surface area contributed by atoms with E-state index in [2.05, 4.69) is 110 Å². The SMILES string of the molecule is C=C/C=C\C=C/NC1C/C=C(\C)C(CC)CCCCN(c2cccc(-c3cccc([C@@H]4C=CCCC4)c3)c2)C1. The van der Waals surface area contributed by atoms with E-state index in [0.29, 0.717) is 17.9 Å². The Morgan fingerprint density at radius 2 is 1.82 bits per heavy atom. The van der Waals surface area contributed by atoms with Crippen LogP contribution in [0.15, 0.2) is 109 Å². The van der Waals surface area contributed by atoms with Gasteiger partial charge in [-0.15, -0.1) is 0 Å². The van der Waals surface area contributed by atoms with Crippen LogP contribution in [0.4, 0.5) is 5.69 Å². The van der Waals surface area contributed by atoms with Gasteiger partial charge < -0.3 is 10.2 Å². The molecule has 1 N–H and O–H groups in total. The minimum Gasteiger partial charge on any atom is -0.386 e. The van der Waals surface area contributed by atoms with Gasteiger partial charge >= 0.3 is 0 Å². The molecule has 0 aromatic heterocycles. The van der Waals surface area contributed by atoms with Gasteiger partial charge in [0.2, 0.25) is 0 Å². The predicted octanol–water partition coefficient (Wildman–Crippen LogP) is 9.74. The first-order valence-electron chi connectivity index (χ1n) is 15.2. The standard InChI is InChI=1S/C37H48N2/c1-4-6-7-12-25-38-36-24-23-30(3)31(5-2)16-11-13-26-39(29-36)37-22-15-21-35(28-37)34-20-14-19-33(27-34)32-17-9-8-10-18-32/h4,6-7,9,12,14-15,17,19-23,25,27-28,31-32,36,38H,1,5,8,10-11,13,16,18,24,26,29H2,2-3H3/b7-6-,25-12-,30-23+/t31?,32-,36?/m1/s1. The smallest absolute Gasteiger partial charge is 0.0465 e. The molecule has 1 aliphatic carbocycles. The Kier molecular flexibility index (Phi) is 11.3. The van der Waals surface area contributed by atoms with E-state index in [1.165, 1.54) is 67.3 Å². The van der Waals surface area contributed by atoms with E-state index in [4.69, 9.17) is 0 Å². The first kappa shape index (κ1) is 28.7. The number of hydrogen-bond donors (Lipinski definition) is 1. The van der Waals surface area contributed by atoms with Crippen LogP contribution in [0.1, 0.15) is 76.7 Å². The van der Waals surface area contributed by atoms with Crippen molar-refractivity contribution in [2.75, 3.05) is 18.0 Å². The monoisotopic (exact) mass is 520 g/mol. The number of nitrogens with zero attached hydrogens (tertiary/aromatic N) is 1. The second kappa shape index (κ2) is 15.4. The number of benzene rings is 2. The molecule has 2 aliphatic rings. The second-order valence-corrected chi connectivity index (χ2v) is 11.2. The van der Waals surface area contributed by atoms with Crippen molar-refractivity contribution in [1.82, 2.24) is 5.32 Å². The molecular formula is C37H48N2. The van der Waals surface area contributed by atoms with Crippen LogP contribution in [0.25, 0.3) is 11.1 Å². The van der Waals surface area contributed by atoms with Gasteiger partial charge in [-0.1, -0.05) is 98.4 Å². The molecule has 0 amide bonds. The summed E-state index contributed by atoms with van der Waals surface area (Å²) in [6.45, 7) is 10.5. The lowest BCUT2D eigenvalue weighted by Gasteiger charge is -2.30. The molecule has 0 saturated carbocycles. The van der Waals surface area contributed by atoms with E-state index < -0.39 is 0 Å². The minimum atomic E-state index is 0.342. The topological polar surface area (TPSA) is 15.3 Å². The molecule has 4 rings (SSSR count). The van der Waals surface area contributed by atoms with E-state index in [-0.39, 0.29) is 0 Å². The largest absolute Gasteiger partial charge is 0.386 e. The fourth-order valence-corrected chi connectivity index (χ4v) is 6.04. The normalized spacial score (nSPS) is 24.3. The highest BCUT2D eigenvalue weighted by Crippen LogP contribution is 2.32. The molecule has 3 atom stereocenters. The van der Waals surface area contributed by atoms with Crippen molar-refractivity contribution in [1.29, 1.82) is 0 Å². The Morgan fingerprint density at radius 3 is 2.62 bits per heavy atom. The quantitative estimate of drug-likeness (QED) is 0.275. The number of rotatable bonds is 8. The molecule has 1 aliphatic heterocycles. The molecule has 2 nitrogen and oxygen atoms in total. The van der Waals surface area contributed by atoms with Gasteiger partial charge in [-0.05, 0) is 98.9 Å². The van der Waals surface area contributed by atoms with Crippen LogP contribution >= 0.6 is 0 Å². The molecule has 0 saturated heterocycles. The third kappa shape index (κ3) is 8.62. The molecule has 0 bridgehead atoms. The number of anilines is 1. The Labute approximate surface area is 237 Å². The third-order valence-corrected chi connectivity index (χ3v) is 8.43. The summed E-state index contributed by atoms with van der Waals surface area (Å²) in [6.07, 6.45) is 27.0. The molecule has 1 heterocycles. The lowest BCUT2D eigenvalue weighted by Crippen LogP contribution is -2.39. The van der Waals surface area contributed by atoms with Crippen molar-refractivity contribution >= 4 is 5.69 Å². The minimum absolute atomic E-state index is 0.342. The van der Waals surface area contributed by atoms with Gasteiger partial charge in [0.25, 0.3) is 0 Å². The van der Waals surface area contributed by atoms with E-state index >= 15 is 0 Å². The van der Waals surface area contributed by atoms with Gasteiger partial charge in [-0.25, -0.2) is 0 Å². The summed E-state index contributed by atoms with van der Waals surface area (Å²) in [6, 6.07) is 18.8. The van der Waals surface area contributed by atoms with Crippen molar-refractivity contribution < 1.29 is 0 Å². The van der Waals surface area contributed by atoms with E-state index in [1.807, 2.05) is 18.2 Å². The maximum atomic E-state index is 3.76. The first-order chi connectivity index (χ1) is 19.2. The van der Waals surface area contributed by atoms with Gasteiger partial charge in [0.15, 0.2) is 0 Å². The number of nitrogens with one attached hydrogen (secondary N) is 1. The van der Waals surface area contributed by atoms with Gasteiger partial charge in [0.1, 0.15) is 0 Å². The van der Waals surface area contributed by atoms with E-state index in [0.717, 1.165) is 19.5 Å². The van der Waals surface area contributed by atoms with E-state index in [1.54, 1.807) is 5.57 Å². The summed E-state index contributed by atoms with van der Waals surface area (Å²) < 4.78 is 0. The lowest BCUT2D eigenvalue weighted by molar-refractivity contribution is 0.505. The lowest BCUT2D eigenvalue weighted by atomic mass is 9.88. The Hall–Kier alpha value is -3.26. The summed E-state index contributed by atoms with van der Waals surface area (Å²) in [5, 5.41) is 3.70. The molecule has 0 spiro atoms. The fourth-order valence-electron chi connectivity index (χ4n) is 6.04. The molecule has 2 heteroatoms. The summed E-state index contributed by atoms with van der Waals surface area (Å²) in [5.74, 6) is 1.26. The summed E-state index contributed by atoms with van der Waals surface area (Å²) >= 11 is 0. The molecule has 0 radical (unpaired) electrons. The van der Waals surface area contributed by atoms with Crippen molar-refractivity contribution in [2.24, 2.45) is 5.92 Å². The van der Waals surface area contributed by atoms with Crippen molar-refractivity contribution in [3.05, 3.63) is 115 Å².